The van der Waals surface area contributed by atoms with Crippen LogP contribution in [0.1, 0.15) is 18.9 Å². The SMILES string of the molecule is CNC(=O)N(/C=C\C=O)C1OC(COP(NCC=O)Oc2ccccc2)CC1C.COCc1ccccc1. The summed E-state index contributed by atoms with van der Waals surface area (Å²) in [5, 5.41) is 5.45. The molecule has 2 N–H and O–H groups in total. The monoisotopic (exact) mass is 545 g/mol. The summed E-state index contributed by atoms with van der Waals surface area (Å²) in [6.07, 6.45) is 3.84. The quantitative estimate of drug-likeness (QED) is 0.220. The number of amides is 2. The highest BCUT2D eigenvalue weighted by Crippen LogP contribution is 2.37. The van der Waals surface area contributed by atoms with Gasteiger partial charge in [-0.3, -0.25) is 9.69 Å². The van der Waals surface area contributed by atoms with Gasteiger partial charge in [-0.2, -0.15) is 0 Å². The van der Waals surface area contributed by atoms with Crippen molar-refractivity contribution in [2.45, 2.75) is 32.3 Å². The molecule has 1 fully saturated rings. The molecule has 0 radical (unpaired) electrons. The van der Waals surface area contributed by atoms with Crippen molar-refractivity contribution in [1.82, 2.24) is 15.3 Å². The minimum Gasteiger partial charge on any atom is -0.436 e. The maximum atomic E-state index is 12.1. The van der Waals surface area contributed by atoms with Crippen LogP contribution in [0.25, 0.3) is 0 Å². The largest absolute Gasteiger partial charge is 0.436 e. The Morgan fingerprint density at radius 1 is 1.13 bits per heavy atom. The first-order valence-corrected chi connectivity index (χ1v) is 13.3. The summed E-state index contributed by atoms with van der Waals surface area (Å²) in [6, 6.07) is 18.9. The van der Waals surface area contributed by atoms with E-state index >= 15 is 0 Å². The molecule has 206 valence electrons. The van der Waals surface area contributed by atoms with E-state index in [9.17, 15) is 14.4 Å². The molecule has 0 spiro atoms. The van der Waals surface area contributed by atoms with Crippen LogP contribution in [-0.4, -0.2) is 63.1 Å². The van der Waals surface area contributed by atoms with Crippen molar-refractivity contribution in [2.24, 2.45) is 5.92 Å². The van der Waals surface area contributed by atoms with Crippen LogP contribution in [0.2, 0.25) is 0 Å². The maximum absolute atomic E-state index is 12.1. The summed E-state index contributed by atoms with van der Waals surface area (Å²) in [7, 11) is 1.67. The fraction of sp³-hybridized carbons (Fsp3) is 0.370. The minimum atomic E-state index is -1.54. The van der Waals surface area contributed by atoms with Crippen LogP contribution in [0.4, 0.5) is 4.79 Å². The zero-order valence-corrected chi connectivity index (χ0v) is 22.8. The molecule has 0 aliphatic carbocycles. The number of allylic oxidation sites excluding steroid dienone is 1. The van der Waals surface area contributed by atoms with Crippen molar-refractivity contribution in [1.29, 1.82) is 0 Å². The third kappa shape index (κ3) is 11.1. The number of methoxy groups -OCH3 is 1. The lowest BCUT2D eigenvalue weighted by Gasteiger charge is -2.27. The lowest BCUT2D eigenvalue weighted by molar-refractivity contribution is -0.107. The zero-order chi connectivity index (χ0) is 27.6. The van der Waals surface area contributed by atoms with Crippen LogP contribution in [0.15, 0.2) is 72.9 Å². The van der Waals surface area contributed by atoms with E-state index in [0.29, 0.717) is 25.1 Å². The van der Waals surface area contributed by atoms with Crippen molar-refractivity contribution in [2.75, 3.05) is 27.3 Å². The maximum Gasteiger partial charge on any atom is 0.323 e. The highest BCUT2D eigenvalue weighted by atomic mass is 31.2. The number of hydrogen-bond acceptors (Lipinski definition) is 8. The lowest BCUT2D eigenvalue weighted by atomic mass is 10.1. The average molecular weight is 546 g/mol. The fourth-order valence-electron chi connectivity index (χ4n) is 3.57. The Bertz CT molecular complexity index is 981. The molecule has 1 aliphatic heterocycles. The van der Waals surface area contributed by atoms with Crippen molar-refractivity contribution < 1.29 is 32.9 Å². The van der Waals surface area contributed by atoms with Gasteiger partial charge in [-0.15, -0.1) is 0 Å². The fourth-order valence-corrected chi connectivity index (χ4v) is 4.62. The molecule has 0 aromatic heterocycles. The van der Waals surface area contributed by atoms with Gasteiger partial charge in [0.2, 0.25) is 0 Å². The Balaban J connectivity index is 0.000000474. The van der Waals surface area contributed by atoms with Gasteiger partial charge in [-0.25, -0.2) is 9.88 Å². The molecule has 2 aromatic rings. The second-order valence-electron chi connectivity index (χ2n) is 8.21. The summed E-state index contributed by atoms with van der Waals surface area (Å²) in [5.74, 6) is 0.654. The molecule has 4 unspecified atom stereocenters. The predicted octanol–water partition coefficient (Wildman–Crippen LogP) is 4.04. The number of para-hydroxylation sites is 1. The van der Waals surface area contributed by atoms with E-state index in [4.69, 9.17) is 18.5 Å². The summed E-state index contributed by atoms with van der Waals surface area (Å²) >= 11 is 0. The molecule has 10 nitrogen and oxygen atoms in total. The molecule has 2 aromatic carbocycles. The van der Waals surface area contributed by atoms with E-state index in [1.165, 1.54) is 29.8 Å². The number of carbonyl (C=O) groups is 3. The van der Waals surface area contributed by atoms with Gasteiger partial charge in [0.05, 0.1) is 25.9 Å². The molecule has 0 bridgehead atoms. The number of rotatable bonds is 13. The van der Waals surface area contributed by atoms with E-state index in [-0.39, 0.29) is 31.2 Å². The van der Waals surface area contributed by atoms with E-state index in [1.807, 2.05) is 55.5 Å². The number of hydrogen-bond donors (Lipinski definition) is 2. The topological polar surface area (TPSA) is 115 Å². The molecule has 38 heavy (non-hydrogen) atoms. The van der Waals surface area contributed by atoms with Gasteiger partial charge in [0.15, 0.2) is 0 Å². The van der Waals surface area contributed by atoms with Gasteiger partial charge in [0.25, 0.3) is 0 Å². The smallest absolute Gasteiger partial charge is 0.323 e. The first kappa shape index (κ1) is 31.1. The van der Waals surface area contributed by atoms with E-state index in [1.54, 1.807) is 19.2 Å². The summed E-state index contributed by atoms with van der Waals surface area (Å²) in [5.41, 5.74) is 1.22. The molecule has 1 aliphatic rings. The summed E-state index contributed by atoms with van der Waals surface area (Å²) in [4.78, 5) is 34.8. The standard InChI is InChI=1S/C19H26N3O6P.C8H10O/c1-15-13-17(27-18(15)22(10-6-11-23)19(25)20-2)14-26-29(21-9-12-24)28-16-7-4-3-5-8-16;1-9-7-8-5-3-2-4-6-8/h3-8,10-12,15,17-18,21H,9,13-14H2,1-2H3,(H,20,25);2-6H,7H2,1H3/b10-6-;. The second-order valence-corrected chi connectivity index (χ2v) is 9.48. The first-order valence-electron chi connectivity index (χ1n) is 12.2. The second kappa shape index (κ2) is 18.2. The normalized spacial score (nSPS) is 19.2. The number of ether oxygens (including phenoxy) is 2. The van der Waals surface area contributed by atoms with Gasteiger partial charge < -0.3 is 28.6 Å². The zero-order valence-electron chi connectivity index (χ0n) is 21.9. The van der Waals surface area contributed by atoms with Crippen LogP contribution in [0, 0.1) is 5.92 Å². The Labute approximate surface area is 225 Å². The Kier molecular flexibility index (Phi) is 14.9. The minimum absolute atomic E-state index is 0.0291. The van der Waals surface area contributed by atoms with E-state index < -0.39 is 14.8 Å². The van der Waals surface area contributed by atoms with Crippen molar-refractivity contribution in [3.63, 3.8) is 0 Å². The molecule has 11 heteroatoms. The average Bonchev–Trinajstić information content (AvgIpc) is 3.31. The Hall–Kier alpha value is -3.14. The van der Waals surface area contributed by atoms with Crippen LogP contribution in [0.3, 0.4) is 0 Å². The molecule has 1 heterocycles. The van der Waals surface area contributed by atoms with Crippen LogP contribution in [0.5, 0.6) is 5.75 Å². The Morgan fingerprint density at radius 2 is 1.82 bits per heavy atom. The number of nitrogens with one attached hydrogen (secondary N) is 2. The van der Waals surface area contributed by atoms with Crippen molar-refractivity contribution in [3.8, 4) is 5.75 Å². The van der Waals surface area contributed by atoms with Crippen molar-refractivity contribution >= 4 is 27.1 Å². The molecule has 3 rings (SSSR count). The summed E-state index contributed by atoms with van der Waals surface area (Å²) < 4.78 is 22.5. The molecule has 4 atom stereocenters. The van der Waals surface area contributed by atoms with Crippen LogP contribution < -0.4 is 14.9 Å². The molecular weight excluding hydrogens is 509 g/mol. The third-order valence-corrected chi connectivity index (χ3v) is 6.47. The van der Waals surface area contributed by atoms with Gasteiger partial charge in [0, 0.05) is 26.3 Å². The van der Waals surface area contributed by atoms with Gasteiger partial charge in [0.1, 0.15) is 24.5 Å². The number of aldehydes is 2. The highest BCUT2D eigenvalue weighted by Gasteiger charge is 2.38. The molecule has 2 amide bonds. The number of urea groups is 1. The number of benzene rings is 2. The molecule has 1 saturated heterocycles. The number of nitrogens with zero attached hydrogens (tertiary/aromatic N) is 1. The predicted molar refractivity (Wildman–Crippen MR) is 145 cm³/mol. The van der Waals surface area contributed by atoms with E-state index in [0.717, 1.165) is 6.29 Å². The Morgan fingerprint density at radius 3 is 2.42 bits per heavy atom. The summed E-state index contributed by atoms with van der Waals surface area (Å²) in [6.45, 7) is 3.00. The molecule has 0 saturated carbocycles. The van der Waals surface area contributed by atoms with Gasteiger partial charge >= 0.3 is 14.6 Å². The molecular formula is C27H36N3O7P. The number of carbonyl (C=O) groups excluding carboxylic acids is 3. The van der Waals surface area contributed by atoms with Crippen molar-refractivity contribution in [3.05, 3.63) is 78.5 Å². The first-order chi connectivity index (χ1) is 18.5. The lowest BCUT2D eigenvalue weighted by Crippen LogP contribution is -2.44. The van der Waals surface area contributed by atoms with Gasteiger partial charge in [-0.05, 0) is 30.2 Å². The highest BCUT2D eigenvalue weighted by molar-refractivity contribution is 7.45. The van der Waals surface area contributed by atoms with Crippen LogP contribution in [-0.2, 0) is 30.2 Å². The van der Waals surface area contributed by atoms with Crippen LogP contribution >= 0.6 is 8.53 Å². The van der Waals surface area contributed by atoms with Gasteiger partial charge in [-0.1, -0.05) is 55.5 Å². The third-order valence-electron chi connectivity index (χ3n) is 5.27. The van der Waals surface area contributed by atoms with E-state index in [2.05, 4.69) is 10.4 Å².